The van der Waals surface area contributed by atoms with Crippen LogP contribution >= 0.6 is 0 Å². The summed E-state index contributed by atoms with van der Waals surface area (Å²) < 4.78 is 46.0. The molecule has 13 heteroatoms. The van der Waals surface area contributed by atoms with Gasteiger partial charge >= 0.3 is 0 Å². The number of hydrogen-bond donors (Lipinski definition) is 1. The van der Waals surface area contributed by atoms with Crippen molar-refractivity contribution in [2.75, 3.05) is 111 Å². The molecule has 0 saturated carbocycles. The summed E-state index contributed by atoms with van der Waals surface area (Å²) >= 11 is 0. The van der Waals surface area contributed by atoms with E-state index >= 15 is 0 Å². The van der Waals surface area contributed by atoms with E-state index < -0.39 is 0 Å². The van der Waals surface area contributed by atoms with Crippen LogP contribution < -0.4 is 5.32 Å². The molecule has 0 aliphatic carbocycles. The van der Waals surface area contributed by atoms with Crippen LogP contribution in [0.4, 0.5) is 5.69 Å². The molecule has 0 unspecified atom stereocenters. The van der Waals surface area contributed by atoms with E-state index in [1.807, 2.05) is 44.3 Å². The number of carbonyl (C=O) groups is 1. The highest BCUT2D eigenvalue weighted by molar-refractivity contribution is 5.92. The lowest BCUT2D eigenvalue weighted by atomic mass is 9.93. The second kappa shape index (κ2) is 25.5. The van der Waals surface area contributed by atoms with Gasteiger partial charge in [-0.05, 0) is 24.0 Å². The number of ether oxygens (including phenoxy) is 8. The average Bonchev–Trinajstić information content (AvgIpc) is 3.51. The van der Waals surface area contributed by atoms with Gasteiger partial charge in [0.25, 0.3) is 0 Å². The van der Waals surface area contributed by atoms with Gasteiger partial charge in [0.05, 0.1) is 112 Å². The SMILES string of the molecule is CC(C)C(=O)Nc1ccc(-c2cn(CCOCCOCCOCCOCCOCCOCCOCCOCCC(C)(C)C)nn2)cc1. The predicted molar refractivity (Wildman–Crippen MR) is 180 cm³/mol. The molecule has 13 nitrogen and oxygen atoms in total. The quantitative estimate of drug-likeness (QED) is 0.126. The van der Waals surface area contributed by atoms with E-state index in [0.717, 1.165) is 30.0 Å². The van der Waals surface area contributed by atoms with Crippen molar-refractivity contribution in [1.82, 2.24) is 15.0 Å². The number of aromatic nitrogens is 3. The van der Waals surface area contributed by atoms with Gasteiger partial charge in [0.15, 0.2) is 0 Å². The molecule has 0 radical (unpaired) electrons. The average molecular weight is 667 g/mol. The molecule has 0 aliphatic heterocycles. The van der Waals surface area contributed by atoms with Crippen molar-refractivity contribution in [3.8, 4) is 11.3 Å². The van der Waals surface area contributed by atoms with Crippen molar-refractivity contribution in [3.05, 3.63) is 30.5 Å². The fourth-order valence-corrected chi connectivity index (χ4v) is 3.73. The van der Waals surface area contributed by atoms with E-state index in [1.165, 1.54) is 0 Å². The fourth-order valence-electron chi connectivity index (χ4n) is 3.73. The Hall–Kier alpha value is -2.49. The lowest BCUT2D eigenvalue weighted by molar-refractivity contribution is -0.118. The zero-order valence-corrected chi connectivity index (χ0v) is 29.2. The molecule has 268 valence electrons. The van der Waals surface area contributed by atoms with Crippen LogP contribution in [0.25, 0.3) is 11.3 Å². The molecule has 47 heavy (non-hydrogen) atoms. The number of rotatable bonds is 29. The molecule has 1 aromatic heterocycles. The largest absolute Gasteiger partial charge is 0.379 e. The highest BCUT2D eigenvalue weighted by Crippen LogP contribution is 2.19. The molecule has 0 bridgehead atoms. The molecule has 2 rings (SSSR count). The maximum absolute atomic E-state index is 11.8. The molecule has 2 aromatic rings. The summed E-state index contributed by atoms with van der Waals surface area (Å²) in [5.74, 6) is -0.0815. The third kappa shape index (κ3) is 21.9. The first-order chi connectivity index (χ1) is 22.7. The minimum atomic E-state index is -0.0694. The first-order valence-electron chi connectivity index (χ1n) is 16.7. The van der Waals surface area contributed by atoms with Gasteiger partial charge in [0.2, 0.25) is 5.91 Å². The molecule has 0 aliphatic rings. The summed E-state index contributed by atoms with van der Waals surface area (Å²) in [6.07, 6.45) is 2.92. The van der Waals surface area contributed by atoms with Crippen LogP contribution in [0.5, 0.6) is 0 Å². The number of amides is 1. The van der Waals surface area contributed by atoms with E-state index in [0.29, 0.717) is 111 Å². The van der Waals surface area contributed by atoms with Gasteiger partial charge in [-0.15, -0.1) is 5.10 Å². The zero-order chi connectivity index (χ0) is 34.0. The fraction of sp³-hybridized carbons (Fsp3) is 0.735. The van der Waals surface area contributed by atoms with Gasteiger partial charge in [-0.1, -0.05) is 52.0 Å². The highest BCUT2D eigenvalue weighted by Gasteiger charge is 2.10. The van der Waals surface area contributed by atoms with E-state index in [-0.39, 0.29) is 11.8 Å². The topological polar surface area (TPSA) is 134 Å². The number of nitrogens with one attached hydrogen (secondary N) is 1. The van der Waals surface area contributed by atoms with Crippen LogP contribution in [0, 0.1) is 11.3 Å². The van der Waals surface area contributed by atoms with Gasteiger partial charge in [-0.3, -0.25) is 4.79 Å². The van der Waals surface area contributed by atoms with Crippen LogP contribution in [-0.2, 0) is 49.2 Å². The Morgan fingerprint density at radius 3 is 1.47 bits per heavy atom. The molecule has 0 atom stereocenters. The smallest absolute Gasteiger partial charge is 0.226 e. The lowest BCUT2D eigenvalue weighted by Crippen LogP contribution is -2.17. The number of nitrogens with zero attached hydrogens (tertiary/aromatic N) is 3. The molecule has 1 heterocycles. The summed E-state index contributed by atoms with van der Waals surface area (Å²) in [4.78, 5) is 11.8. The van der Waals surface area contributed by atoms with Gasteiger partial charge in [0.1, 0.15) is 5.69 Å². The molecule has 0 spiro atoms. The van der Waals surface area contributed by atoms with Crippen molar-refractivity contribution in [3.63, 3.8) is 0 Å². The Labute approximate surface area is 280 Å². The van der Waals surface area contributed by atoms with E-state index in [2.05, 4.69) is 36.4 Å². The summed E-state index contributed by atoms with van der Waals surface area (Å²) in [5.41, 5.74) is 2.74. The maximum Gasteiger partial charge on any atom is 0.226 e. The Kier molecular flexibility index (Phi) is 22.1. The third-order valence-electron chi connectivity index (χ3n) is 6.58. The van der Waals surface area contributed by atoms with Crippen LogP contribution in [0.3, 0.4) is 0 Å². The molecule has 1 amide bonds. The number of hydrogen-bond acceptors (Lipinski definition) is 11. The first kappa shape index (κ1) is 40.7. The number of carbonyl (C=O) groups excluding carboxylic acids is 1. The summed E-state index contributed by atoms with van der Waals surface area (Å²) in [6, 6.07) is 7.55. The van der Waals surface area contributed by atoms with Crippen molar-refractivity contribution in [2.24, 2.45) is 11.3 Å². The van der Waals surface area contributed by atoms with Crippen molar-refractivity contribution >= 4 is 11.6 Å². The molecule has 0 saturated heterocycles. The second-order valence-corrected chi connectivity index (χ2v) is 12.3. The first-order valence-corrected chi connectivity index (χ1v) is 16.7. The minimum absolute atomic E-state index is 0.0120. The van der Waals surface area contributed by atoms with Crippen LogP contribution in [-0.4, -0.2) is 127 Å². The van der Waals surface area contributed by atoms with E-state index in [9.17, 15) is 4.79 Å². The number of anilines is 1. The Morgan fingerprint density at radius 1 is 0.660 bits per heavy atom. The van der Waals surface area contributed by atoms with Gasteiger partial charge in [-0.2, -0.15) is 0 Å². The maximum atomic E-state index is 11.8. The summed E-state index contributed by atoms with van der Waals surface area (Å²) in [5, 5.41) is 11.3. The van der Waals surface area contributed by atoms with Crippen molar-refractivity contribution in [2.45, 2.75) is 47.6 Å². The molecular weight excluding hydrogens is 608 g/mol. The molecular formula is C34H58N4O9. The highest BCUT2D eigenvalue weighted by atomic mass is 16.6. The van der Waals surface area contributed by atoms with Gasteiger partial charge in [-0.25, -0.2) is 4.68 Å². The van der Waals surface area contributed by atoms with Crippen LogP contribution in [0.2, 0.25) is 0 Å². The Balaban J connectivity index is 1.29. The van der Waals surface area contributed by atoms with Crippen LogP contribution in [0.1, 0.15) is 41.0 Å². The lowest BCUT2D eigenvalue weighted by Gasteiger charge is -2.17. The van der Waals surface area contributed by atoms with Crippen LogP contribution in [0.15, 0.2) is 30.5 Å². The molecule has 1 N–H and O–H groups in total. The minimum Gasteiger partial charge on any atom is -0.379 e. The standard InChI is InChI=1S/C34H58N4O9/c1-29(2)33(39)35-31-8-6-30(7-9-31)32-28-38(37-36-32)11-13-41-15-17-43-19-21-45-23-25-47-27-26-46-24-22-44-20-18-42-16-14-40-12-10-34(3,4)5/h6-9,28-29H,10-27H2,1-5H3,(H,35,39). The summed E-state index contributed by atoms with van der Waals surface area (Å²) in [6.45, 7) is 19.5. The van der Waals surface area contributed by atoms with E-state index in [1.54, 1.807) is 4.68 Å². The predicted octanol–water partition coefficient (Wildman–Crippen LogP) is 4.11. The monoisotopic (exact) mass is 666 g/mol. The second-order valence-electron chi connectivity index (χ2n) is 12.3. The zero-order valence-electron chi connectivity index (χ0n) is 29.2. The Morgan fingerprint density at radius 2 is 1.06 bits per heavy atom. The Bertz CT molecular complexity index is 1040. The molecule has 0 fully saturated rings. The van der Waals surface area contributed by atoms with Crippen molar-refractivity contribution < 1.29 is 42.7 Å². The van der Waals surface area contributed by atoms with Gasteiger partial charge in [0, 0.05) is 23.8 Å². The van der Waals surface area contributed by atoms with Crippen molar-refractivity contribution in [1.29, 1.82) is 0 Å². The third-order valence-corrected chi connectivity index (χ3v) is 6.58. The number of benzene rings is 1. The van der Waals surface area contributed by atoms with Gasteiger partial charge < -0.3 is 43.2 Å². The van der Waals surface area contributed by atoms with E-state index in [4.69, 9.17) is 37.9 Å². The molecule has 1 aromatic carbocycles. The normalized spacial score (nSPS) is 11.9. The summed E-state index contributed by atoms with van der Waals surface area (Å²) in [7, 11) is 0.